The van der Waals surface area contributed by atoms with Crippen LogP contribution >= 0.6 is 12.2 Å². The third-order valence-electron chi connectivity index (χ3n) is 3.34. The summed E-state index contributed by atoms with van der Waals surface area (Å²) in [5.41, 5.74) is 4.88. The van der Waals surface area contributed by atoms with Crippen LogP contribution in [0.4, 0.5) is 0 Å². The van der Waals surface area contributed by atoms with Crippen LogP contribution in [0.15, 0.2) is 0 Å². The largest absolute Gasteiger partial charge is 0.392 e. The van der Waals surface area contributed by atoms with Gasteiger partial charge in [-0.05, 0) is 26.7 Å². The standard InChI is InChI=1S/C11H20N2OS/c1-11(2,9(12)15)10(14)13(3)8-6-4-5-7-8/h8H,4-7H2,1-3H3,(H2,12,15). The van der Waals surface area contributed by atoms with Crippen molar-refractivity contribution in [2.45, 2.75) is 45.6 Å². The number of hydrogen-bond donors (Lipinski definition) is 1. The molecule has 0 aromatic rings. The van der Waals surface area contributed by atoms with Crippen molar-refractivity contribution >= 4 is 23.1 Å². The van der Waals surface area contributed by atoms with Crippen LogP contribution in [0.1, 0.15) is 39.5 Å². The molecule has 86 valence electrons. The van der Waals surface area contributed by atoms with E-state index in [-0.39, 0.29) is 10.9 Å². The Kier molecular flexibility index (Phi) is 3.71. The van der Waals surface area contributed by atoms with Crippen LogP contribution in [0.25, 0.3) is 0 Å². The molecule has 0 saturated heterocycles. The Balaban J connectivity index is 2.70. The number of nitrogens with two attached hydrogens (primary N) is 1. The Morgan fingerprint density at radius 1 is 1.40 bits per heavy atom. The van der Waals surface area contributed by atoms with Gasteiger partial charge < -0.3 is 10.6 Å². The summed E-state index contributed by atoms with van der Waals surface area (Å²) in [6, 6.07) is 0.381. The summed E-state index contributed by atoms with van der Waals surface area (Å²) >= 11 is 4.93. The van der Waals surface area contributed by atoms with Crippen molar-refractivity contribution in [3.05, 3.63) is 0 Å². The molecular formula is C11H20N2OS. The molecule has 1 aliphatic rings. The van der Waals surface area contributed by atoms with E-state index in [2.05, 4.69) is 0 Å². The van der Waals surface area contributed by atoms with Crippen molar-refractivity contribution in [1.29, 1.82) is 0 Å². The highest BCUT2D eigenvalue weighted by atomic mass is 32.1. The fourth-order valence-corrected chi connectivity index (χ4v) is 2.09. The molecule has 1 saturated carbocycles. The number of rotatable bonds is 3. The number of amides is 1. The molecule has 0 atom stereocenters. The first kappa shape index (κ1) is 12.4. The number of carbonyl (C=O) groups excluding carboxylic acids is 1. The van der Waals surface area contributed by atoms with Crippen molar-refractivity contribution in [1.82, 2.24) is 4.90 Å². The van der Waals surface area contributed by atoms with Crippen LogP contribution in [-0.4, -0.2) is 28.9 Å². The monoisotopic (exact) mass is 228 g/mol. The molecule has 0 radical (unpaired) electrons. The van der Waals surface area contributed by atoms with Gasteiger partial charge in [-0.1, -0.05) is 25.1 Å². The van der Waals surface area contributed by atoms with Crippen LogP contribution in [0, 0.1) is 5.41 Å². The second-order valence-corrected chi connectivity index (χ2v) is 5.28. The number of thiocarbonyl (C=S) groups is 1. The molecule has 1 aliphatic carbocycles. The van der Waals surface area contributed by atoms with Gasteiger partial charge in [-0.3, -0.25) is 4.79 Å². The molecule has 15 heavy (non-hydrogen) atoms. The first-order valence-corrected chi connectivity index (χ1v) is 5.85. The van der Waals surface area contributed by atoms with Crippen LogP contribution in [0.2, 0.25) is 0 Å². The van der Waals surface area contributed by atoms with Crippen molar-refractivity contribution < 1.29 is 4.79 Å². The predicted molar refractivity (Wildman–Crippen MR) is 65.6 cm³/mol. The van der Waals surface area contributed by atoms with Gasteiger partial charge in [-0.15, -0.1) is 0 Å². The van der Waals surface area contributed by atoms with Crippen LogP contribution < -0.4 is 5.73 Å². The van der Waals surface area contributed by atoms with Gasteiger partial charge in [0.1, 0.15) is 0 Å². The first-order valence-electron chi connectivity index (χ1n) is 5.44. The summed E-state index contributed by atoms with van der Waals surface area (Å²) in [6.45, 7) is 3.59. The van der Waals surface area contributed by atoms with E-state index >= 15 is 0 Å². The Bertz CT molecular complexity index is 270. The lowest BCUT2D eigenvalue weighted by atomic mass is 9.91. The van der Waals surface area contributed by atoms with Crippen molar-refractivity contribution in [3.63, 3.8) is 0 Å². The molecule has 1 rings (SSSR count). The molecule has 3 nitrogen and oxygen atoms in total. The number of nitrogens with zero attached hydrogens (tertiary/aromatic N) is 1. The van der Waals surface area contributed by atoms with E-state index in [1.54, 1.807) is 13.8 Å². The van der Waals surface area contributed by atoms with Gasteiger partial charge in [-0.2, -0.15) is 0 Å². The summed E-state index contributed by atoms with van der Waals surface area (Å²) in [4.78, 5) is 14.3. The van der Waals surface area contributed by atoms with E-state index in [0.717, 1.165) is 12.8 Å². The van der Waals surface area contributed by atoms with Gasteiger partial charge >= 0.3 is 0 Å². The van der Waals surface area contributed by atoms with E-state index in [0.29, 0.717) is 6.04 Å². The highest BCUT2D eigenvalue weighted by Crippen LogP contribution is 2.27. The summed E-state index contributed by atoms with van der Waals surface area (Å²) in [7, 11) is 1.86. The molecule has 0 unspecified atom stereocenters. The Hall–Kier alpha value is -0.640. The first-order chi connectivity index (χ1) is 6.87. The second kappa shape index (κ2) is 4.47. The summed E-state index contributed by atoms with van der Waals surface area (Å²) in [5.74, 6) is 0.0434. The molecule has 0 aromatic carbocycles. The highest BCUT2D eigenvalue weighted by Gasteiger charge is 2.36. The van der Waals surface area contributed by atoms with Gasteiger partial charge in [0.05, 0.1) is 10.4 Å². The summed E-state index contributed by atoms with van der Waals surface area (Å²) in [6.07, 6.45) is 4.65. The zero-order chi connectivity index (χ0) is 11.6. The Labute approximate surface area is 97.0 Å². The fraction of sp³-hybridized carbons (Fsp3) is 0.818. The zero-order valence-electron chi connectivity index (χ0n) is 9.75. The van der Waals surface area contributed by atoms with Gasteiger partial charge in [0.25, 0.3) is 0 Å². The number of carbonyl (C=O) groups is 1. The minimum atomic E-state index is -0.716. The molecule has 0 spiro atoms. The molecule has 4 heteroatoms. The predicted octanol–water partition coefficient (Wildman–Crippen LogP) is 1.70. The maximum atomic E-state index is 12.2. The summed E-state index contributed by atoms with van der Waals surface area (Å²) < 4.78 is 0. The lowest BCUT2D eigenvalue weighted by Crippen LogP contribution is -2.48. The van der Waals surface area contributed by atoms with E-state index in [4.69, 9.17) is 18.0 Å². The van der Waals surface area contributed by atoms with Gasteiger partial charge in [0, 0.05) is 13.1 Å². The average molecular weight is 228 g/mol. The van der Waals surface area contributed by atoms with Gasteiger partial charge in [0.2, 0.25) is 5.91 Å². The van der Waals surface area contributed by atoms with E-state index in [1.165, 1.54) is 12.8 Å². The summed E-state index contributed by atoms with van der Waals surface area (Å²) in [5, 5.41) is 0. The van der Waals surface area contributed by atoms with Crippen LogP contribution in [0.5, 0.6) is 0 Å². The Morgan fingerprint density at radius 3 is 2.27 bits per heavy atom. The lowest BCUT2D eigenvalue weighted by molar-refractivity contribution is -0.137. The molecule has 0 bridgehead atoms. The molecule has 0 aromatic heterocycles. The Morgan fingerprint density at radius 2 is 1.87 bits per heavy atom. The number of hydrogen-bond acceptors (Lipinski definition) is 2. The maximum absolute atomic E-state index is 12.2. The topological polar surface area (TPSA) is 46.3 Å². The smallest absolute Gasteiger partial charge is 0.235 e. The van der Waals surface area contributed by atoms with Crippen molar-refractivity contribution in [2.75, 3.05) is 7.05 Å². The maximum Gasteiger partial charge on any atom is 0.235 e. The molecule has 2 N–H and O–H groups in total. The second-order valence-electron chi connectivity index (χ2n) is 4.84. The third kappa shape index (κ3) is 2.48. The zero-order valence-corrected chi connectivity index (χ0v) is 10.6. The fourth-order valence-electron chi connectivity index (χ4n) is 2.00. The van der Waals surface area contributed by atoms with E-state index in [1.807, 2.05) is 11.9 Å². The van der Waals surface area contributed by atoms with Gasteiger partial charge in [0.15, 0.2) is 0 Å². The van der Waals surface area contributed by atoms with Gasteiger partial charge in [-0.25, -0.2) is 0 Å². The van der Waals surface area contributed by atoms with Crippen molar-refractivity contribution in [2.24, 2.45) is 11.1 Å². The highest BCUT2D eigenvalue weighted by molar-refractivity contribution is 7.80. The van der Waals surface area contributed by atoms with Crippen LogP contribution in [0.3, 0.4) is 0 Å². The van der Waals surface area contributed by atoms with Crippen LogP contribution in [-0.2, 0) is 4.79 Å². The lowest BCUT2D eigenvalue weighted by Gasteiger charge is -2.32. The minimum Gasteiger partial charge on any atom is -0.392 e. The normalized spacial score (nSPS) is 17.8. The molecule has 1 fully saturated rings. The van der Waals surface area contributed by atoms with Crippen molar-refractivity contribution in [3.8, 4) is 0 Å². The minimum absolute atomic E-state index is 0.0434. The quantitative estimate of drug-likeness (QED) is 0.748. The average Bonchev–Trinajstić information content (AvgIpc) is 2.67. The SMILES string of the molecule is CN(C(=O)C(C)(C)C(N)=S)C1CCCC1. The third-order valence-corrected chi connectivity index (χ3v) is 3.85. The molecule has 1 amide bonds. The molecule has 0 heterocycles. The van der Waals surface area contributed by atoms with E-state index in [9.17, 15) is 4.79 Å². The van der Waals surface area contributed by atoms with E-state index < -0.39 is 5.41 Å². The molecule has 0 aliphatic heterocycles. The molecular weight excluding hydrogens is 208 g/mol.